The molecule has 1 aromatic carbocycles. The molecule has 202 valence electrons. The van der Waals surface area contributed by atoms with Gasteiger partial charge in [-0.3, -0.25) is 0 Å². The van der Waals surface area contributed by atoms with Gasteiger partial charge in [-0.05, 0) is 69.5 Å². The number of fused-ring (bicyclic) bond motifs is 1. The summed E-state index contributed by atoms with van der Waals surface area (Å²) >= 11 is 6.87. The molecule has 3 aliphatic heterocycles. The second-order valence-electron chi connectivity index (χ2n) is 10.9. The van der Waals surface area contributed by atoms with E-state index < -0.39 is 0 Å². The van der Waals surface area contributed by atoms with Gasteiger partial charge in [0, 0.05) is 60.8 Å². The lowest BCUT2D eigenvalue weighted by molar-refractivity contribution is -0.104. The second-order valence-corrected chi connectivity index (χ2v) is 11.3. The quantitative estimate of drug-likeness (QED) is 0.461. The lowest BCUT2D eigenvalue weighted by atomic mass is 9.88. The van der Waals surface area contributed by atoms with E-state index in [2.05, 4.69) is 59.2 Å². The number of likely N-dealkylation sites (tertiary alicyclic amines) is 1. The third-order valence-corrected chi connectivity index (χ3v) is 8.59. The number of carbonyl (C=O) groups excluding carboxylic acids is 1. The molecule has 0 saturated carbocycles. The van der Waals surface area contributed by atoms with Crippen LogP contribution in [0.5, 0.6) is 0 Å². The van der Waals surface area contributed by atoms with Crippen LogP contribution >= 0.6 is 11.6 Å². The number of benzene rings is 1. The summed E-state index contributed by atoms with van der Waals surface area (Å²) in [4.78, 5) is 19.1. The first-order valence-corrected chi connectivity index (χ1v) is 14.1. The number of nitrogens with zero attached hydrogens (tertiary/aromatic N) is 5. The molecule has 0 N–H and O–H groups in total. The molecular formula is C29H36ClN5O3. The maximum atomic E-state index is 12.4. The molecule has 3 saturated heterocycles. The summed E-state index contributed by atoms with van der Waals surface area (Å²) < 4.78 is 12.5. The Kier molecular flexibility index (Phi) is 7.20. The number of piperazine rings is 1. The first kappa shape index (κ1) is 25.5. The molecule has 6 rings (SSSR count). The average Bonchev–Trinajstić information content (AvgIpc) is 3.35. The van der Waals surface area contributed by atoms with Crippen LogP contribution in [0.3, 0.4) is 0 Å². The van der Waals surface area contributed by atoms with E-state index in [0.717, 1.165) is 53.5 Å². The Bertz CT molecular complexity index is 1290. The van der Waals surface area contributed by atoms with Crippen LogP contribution in [0, 0.1) is 0 Å². The fraction of sp³-hybridized carbons (Fsp3) is 0.517. The fourth-order valence-corrected chi connectivity index (χ4v) is 6.11. The van der Waals surface area contributed by atoms with E-state index in [1.54, 1.807) is 4.90 Å². The number of amides is 1. The van der Waals surface area contributed by atoms with Gasteiger partial charge in [-0.2, -0.15) is 5.10 Å². The van der Waals surface area contributed by atoms with Crippen molar-refractivity contribution < 1.29 is 14.3 Å². The van der Waals surface area contributed by atoms with Gasteiger partial charge in [0.2, 0.25) is 0 Å². The Balaban J connectivity index is 1.16. The zero-order chi connectivity index (χ0) is 26.2. The standard InChI is InChI=1S/C29H36ClN5O3/c1-20(2)32-9-6-21(7-10-32)22-3-4-25(26(30)15-22)23-16-28-27(5-8-31-35(28)17-23)33-11-13-34(14-12-33)29(36)38-24-18-37-19-24/h3-5,8,15-17,20-21,24H,6-7,9-14,18-19H2,1-2H3. The molecule has 0 aliphatic carbocycles. The Morgan fingerprint density at radius 3 is 2.47 bits per heavy atom. The number of anilines is 1. The monoisotopic (exact) mass is 537 g/mol. The van der Waals surface area contributed by atoms with Gasteiger partial charge in [0.15, 0.2) is 6.10 Å². The van der Waals surface area contributed by atoms with E-state index >= 15 is 0 Å². The molecule has 5 heterocycles. The van der Waals surface area contributed by atoms with Crippen molar-refractivity contribution in [2.24, 2.45) is 0 Å². The van der Waals surface area contributed by atoms with E-state index in [4.69, 9.17) is 21.1 Å². The van der Waals surface area contributed by atoms with Crippen LogP contribution in [0.4, 0.5) is 10.5 Å². The van der Waals surface area contributed by atoms with Gasteiger partial charge in [-0.15, -0.1) is 0 Å². The third kappa shape index (κ3) is 5.09. The van der Waals surface area contributed by atoms with Crippen molar-refractivity contribution in [3.8, 4) is 11.1 Å². The van der Waals surface area contributed by atoms with Gasteiger partial charge >= 0.3 is 6.09 Å². The summed E-state index contributed by atoms with van der Waals surface area (Å²) in [7, 11) is 0. The SMILES string of the molecule is CC(C)N1CCC(c2ccc(-c3cc4c(N5CCN(C(=O)OC6COC6)CC5)ccnn4c3)c(Cl)c2)CC1. The zero-order valence-electron chi connectivity index (χ0n) is 22.2. The first-order valence-electron chi connectivity index (χ1n) is 13.8. The molecule has 1 amide bonds. The molecule has 8 nitrogen and oxygen atoms in total. The summed E-state index contributed by atoms with van der Waals surface area (Å²) in [5.74, 6) is 0.566. The van der Waals surface area contributed by atoms with Crippen molar-refractivity contribution >= 4 is 28.9 Å². The van der Waals surface area contributed by atoms with Crippen molar-refractivity contribution in [2.75, 3.05) is 57.4 Å². The molecular weight excluding hydrogens is 502 g/mol. The van der Waals surface area contributed by atoms with Crippen LogP contribution in [-0.2, 0) is 9.47 Å². The molecule has 0 atom stereocenters. The normalized spacial score (nSPS) is 19.8. The Morgan fingerprint density at radius 1 is 1.05 bits per heavy atom. The number of aromatic nitrogens is 2. The molecule has 0 bridgehead atoms. The molecule has 0 spiro atoms. The van der Waals surface area contributed by atoms with Crippen LogP contribution in [0.25, 0.3) is 16.6 Å². The van der Waals surface area contributed by atoms with E-state index in [1.165, 1.54) is 18.4 Å². The fourth-order valence-electron chi connectivity index (χ4n) is 5.81. The van der Waals surface area contributed by atoms with Gasteiger partial charge in [0.25, 0.3) is 0 Å². The highest BCUT2D eigenvalue weighted by Gasteiger charge is 2.29. The molecule has 9 heteroatoms. The average molecular weight is 538 g/mol. The van der Waals surface area contributed by atoms with Gasteiger partial charge in [-0.1, -0.05) is 23.7 Å². The van der Waals surface area contributed by atoms with Crippen LogP contribution in [0.15, 0.2) is 42.7 Å². The third-order valence-electron chi connectivity index (χ3n) is 8.28. The lowest BCUT2D eigenvalue weighted by Crippen LogP contribution is -2.51. The summed E-state index contributed by atoms with van der Waals surface area (Å²) in [5.41, 5.74) is 5.56. The number of rotatable bonds is 5. The molecule has 0 unspecified atom stereocenters. The predicted molar refractivity (Wildman–Crippen MR) is 149 cm³/mol. The summed E-state index contributed by atoms with van der Waals surface area (Å²) in [5, 5.41) is 5.35. The number of piperidine rings is 1. The van der Waals surface area contributed by atoms with Gasteiger partial charge in [0.05, 0.1) is 24.4 Å². The van der Waals surface area contributed by atoms with Crippen LogP contribution in [0.1, 0.15) is 38.2 Å². The van der Waals surface area contributed by atoms with E-state index in [-0.39, 0.29) is 12.2 Å². The number of carbonyl (C=O) groups is 1. The van der Waals surface area contributed by atoms with Crippen LogP contribution < -0.4 is 4.90 Å². The first-order chi connectivity index (χ1) is 18.5. The summed E-state index contributed by atoms with van der Waals surface area (Å²) in [6.07, 6.45) is 5.89. The van der Waals surface area contributed by atoms with Crippen LogP contribution in [0.2, 0.25) is 5.02 Å². The van der Waals surface area contributed by atoms with Crippen molar-refractivity contribution in [2.45, 2.75) is 44.8 Å². The van der Waals surface area contributed by atoms with Crippen molar-refractivity contribution in [3.63, 3.8) is 0 Å². The second kappa shape index (κ2) is 10.8. The molecule has 0 radical (unpaired) electrons. The summed E-state index contributed by atoms with van der Waals surface area (Å²) in [6.45, 7) is 10.6. The molecule has 38 heavy (non-hydrogen) atoms. The number of hydrogen-bond donors (Lipinski definition) is 0. The molecule has 3 aromatic rings. The van der Waals surface area contributed by atoms with E-state index in [1.807, 2.05) is 16.8 Å². The topological polar surface area (TPSA) is 62.5 Å². The minimum atomic E-state index is -0.244. The van der Waals surface area contributed by atoms with E-state index in [0.29, 0.717) is 38.3 Å². The number of hydrogen-bond acceptors (Lipinski definition) is 6. The van der Waals surface area contributed by atoms with Crippen LogP contribution in [-0.4, -0.2) is 90.1 Å². The smallest absolute Gasteiger partial charge is 0.410 e. The Morgan fingerprint density at radius 2 is 1.82 bits per heavy atom. The minimum absolute atomic E-state index is 0.0988. The predicted octanol–water partition coefficient (Wildman–Crippen LogP) is 4.90. The van der Waals surface area contributed by atoms with Gasteiger partial charge in [-0.25, -0.2) is 9.31 Å². The Labute approximate surface area is 229 Å². The maximum Gasteiger partial charge on any atom is 0.410 e. The van der Waals surface area contributed by atoms with E-state index in [9.17, 15) is 4.79 Å². The van der Waals surface area contributed by atoms with Crippen molar-refractivity contribution in [1.82, 2.24) is 19.4 Å². The van der Waals surface area contributed by atoms with Gasteiger partial charge in [0.1, 0.15) is 0 Å². The Hall–Kier alpha value is -2.81. The highest BCUT2D eigenvalue weighted by Crippen LogP contribution is 2.36. The summed E-state index contributed by atoms with van der Waals surface area (Å²) in [6, 6.07) is 11.4. The van der Waals surface area contributed by atoms with Crippen molar-refractivity contribution in [3.05, 3.63) is 53.3 Å². The number of ether oxygens (including phenoxy) is 2. The zero-order valence-corrected chi connectivity index (χ0v) is 22.9. The molecule has 3 fully saturated rings. The largest absolute Gasteiger partial charge is 0.441 e. The highest BCUT2D eigenvalue weighted by atomic mass is 35.5. The lowest BCUT2D eigenvalue weighted by Gasteiger charge is -2.37. The minimum Gasteiger partial charge on any atom is -0.441 e. The maximum absolute atomic E-state index is 12.4. The molecule has 3 aliphatic rings. The van der Waals surface area contributed by atoms with Gasteiger partial charge < -0.3 is 24.2 Å². The van der Waals surface area contributed by atoms with Crippen molar-refractivity contribution in [1.29, 1.82) is 0 Å². The number of halogens is 1. The highest BCUT2D eigenvalue weighted by molar-refractivity contribution is 6.33. The molecule has 2 aromatic heterocycles.